The van der Waals surface area contributed by atoms with Crippen LogP contribution >= 0.6 is 43.5 Å². The Bertz CT molecular complexity index is 1230. The van der Waals surface area contributed by atoms with Crippen molar-refractivity contribution in [3.8, 4) is 11.8 Å². The van der Waals surface area contributed by atoms with Gasteiger partial charge >= 0.3 is 0 Å². The molecule has 0 amide bonds. The number of hydrogen-bond donors (Lipinski definition) is 0. The van der Waals surface area contributed by atoms with E-state index in [2.05, 4.69) is 41.9 Å². The number of halogens is 3. The summed E-state index contributed by atoms with van der Waals surface area (Å²) in [4.78, 5) is 17.9. The fraction of sp³-hybridized carbons (Fsp3) is 0.238. The number of rotatable bonds is 6. The van der Waals surface area contributed by atoms with E-state index in [1.165, 1.54) is 10.9 Å². The second-order valence-electron chi connectivity index (χ2n) is 6.56. The third-order valence-corrected chi connectivity index (χ3v) is 5.82. The summed E-state index contributed by atoms with van der Waals surface area (Å²) < 4.78 is 8.19. The third-order valence-electron chi connectivity index (χ3n) is 4.52. The van der Waals surface area contributed by atoms with E-state index >= 15 is 0 Å². The van der Waals surface area contributed by atoms with Gasteiger partial charge in [0.2, 0.25) is 0 Å². The van der Waals surface area contributed by atoms with E-state index in [0.29, 0.717) is 37.5 Å². The molecule has 0 aliphatic carbocycles. The fourth-order valence-electron chi connectivity index (χ4n) is 2.83. The zero-order valence-corrected chi connectivity index (χ0v) is 20.1. The van der Waals surface area contributed by atoms with E-state index in [9.17, 15) is 4.79 Å². The van der Waals surface area contributed by atoms with Gasteiger partial charge in [0.25, 0.3) is 5.56 Å². The summed E-state index contributed by atoms with van der Waals surface area (Å²) in [6, 6.07) is 10.6. The van der Waals surface area contributed by atoms with Crippen molar-refractivity contribution in [3.63, 3.8) is 0 Å². The van der Waals surface area contributed by atoms with Crippen molar-refractivity contribution in [2.24, 2.45) is 5.10 Å². The monoisotopic (exact) mass is 550 g/mol. The Morgan fingerprint density at radius 1 is 1.37 bits per heavy atom. The smallest absolute Gasteiger partial charge is 0.282 e. The van der Waals surface area contributed by atoms with E-state index in [4.69, 9.17) is 21.6 Å². The van der Waals surface area contributed by atoms with Crippen molar-refractivity contribution in [3.05, 3.63) is 66.0 Å². The molecule has 0 saturated heterocycles. The minimum Gasteiger partial charge on any atom is -0.477 e. The van der Waals surface area contributed by atoms with Gasteiger partial charge in [0.15, 0.2) is 6.61 Å². The summed E-state index contributed by atoms with van der Waals surface area (Å²) in [7, 11) is 0. The molecule has 0 unspecified atom stereocenters. The molecule has 2 aromatic carbocycles. The fourth-order valence-corrected chi connectivity index (χ4v) is 4.14. The van der Waals surface area contributed by atoms with E-state index in [-0.39, 0.29) is 18.1 Å². The molecule has 0 aliphatic heterocycles. The quantitative estimate of drug-likeness (QED) is 0.358. The number of hydrogen-bond acceptors (Lipinski definition) is 5. The minimum absolute atomic E-state index is 0.0169. The lowest BCUT2D eigenvalue weighted by atomic mass is 10.1. The van der Waals surface area contributed by atoms with Gasteiger partial charge in [-0.3, -0.25) is 4.79 Å². The van der Waals surface area contributed by atoms with Crippen LogP contribution in [-0.4, -0.2) is 22.5 Å². The largest absolute Gasteiger partial charge is 0.477 e. The lowest BCUT2D eigenvalue weighted by molar-refractivity contribution is 0.365. The van der Waals surface area contributed by atoms with Crippen LogP contribution in [0.25, 0.3) is 10.9 Å². The molecule has 0 N–H and O–H groups in total. The van der Waals surface area contributed by atoms with E-state index in [1.807, 2.05) is 32.0 Å². The van der Waals surface area contributed by atoms with Crippen molar-refractivity contribution < 1.29 is 4.74 Å². The number of aromatic nitrogens is 2. The van der Waals surface area contributed by atoms with Crippen LogP contribution in [-0.2, 0) is 0 Å². The number of benzene rings is 2. The molecule has 0 radical (unpaired) electrons. The highest BCUT2D eigenvalue weighted by Gasteiger charge is 2.16. The van der Waals surface area contributed by atoms with Crippen LogP contribution in [0.4, 0.5) is 0 Å². The first-order valence-electron chi connectivity index (χ1n) is 9.11. The zero-order valence-electron chi connectivity index (χ0n) is 16.2. The first-order valence-corrected chi connectivity index (χ1v) is 11.1. The van der Waals surface area contributed by atoms with Gasteiger partial charge in [-0.05, 0) is 52.7 Å². The molecule has 0 saturated carbocycles. The Balaban J connectivity index is 2.20. The molecule has 3 aromatic rings. The van der Waals surface area contributed by atoms with Gasteiger partial charge in [0.05, 0.1) is 21.6 Å². The van der Waals surface area contributed by atoms with Crippen molar-refractivity contribution in [2.45, 2.75) is 26.2 Å². The van der Waals surface area contributed by atoms with E-state index in [1.54, 1.807) is 18.2 Å². The maximum atomic E-state index is 13.2. The average Bonchev–Trinajstić information content (AvgIpc) is 2.72. The van der Waals surface area contributed by atoms with Crippen molar-refractivity contribution >= 4 is 60.6 Å². The lowest BCUT2D eigenvalue weighted by Crippen LogP contribution is -2.23. The van der Waals surface area contributed by atoms with Crippen LogP contribution in [0.2, 0.25) is 5.02 Å². The van der Waals surface area contributed by atoms with Gasteiger partial charge in [-0.25, -0.2) is 4.98 Å². The summed E-state index contributed by atoms with van der Waals surface area (Å²) in [6.07, 6.45) is 2.28. The lowest BCUT2D eigenvalue weighted by Gasteiger charge is -2.14. The van der Waals surface area contributed by atoms with Crippen molar-refractivity contribution in [2.75, 3.05) is 6.61 Å². The average molecular weight is 553 g/mol. The van der Waals surface area contributed by atoms with Crippen LogP contribution < -0.4 is 10.3 Å². The first-order chi connectivity index (χ1) is 14.3. The van der Waals surface area contributed by atoms with Gasteiger partial charge in [0, 0.05) is 21.0 Å². The topological polar surface area (TPSA) is 80.3 Å². The van der Waals surface area contributed by atoms with Crippen LogP contribution in [0.15, 0.2) is 49.2 Å². The highest BCUT2D eigenvalue weighted by atomic mass is 79.9. The first kappa shape index (κ1) is 22.5. The molecule has 1 heterocycles. The highest BCUT2D eigenvalue weighted by Crippen LogP contribution is 2.32. The second kappa shape index (κ2) is 9.73. The van der Waals surface area contributed by atoms with Crippen LogP contribution in [0, 0.1) is 11.3 Å². The van der Waals surface area contributed by atoms with Crippen molar-refractivity contribution in [1.82, 2.24) is 9.66 Å². The van der Waals surface area contributed by atoms with Crippen molar-refractivity contribution in [1.29, 1.82) is 5.26 Å². The normalized spacial score (nSPS) is 12.3. The summed E-state index contributed by atoms with van der Waals surface area (Å²) >= 11 is 13.0. The number of nitrogens with zero attached hydrogens (tertiary/aromatic N) is 4. The Labute approximate surface area is 195 Å². The van der Waals surface area contributed by atoms with Crippen LogP contribution in [0.3, 0.4) is 0 Å². The van der Waals surface area contributed by atoms with Crippen LogP contribution in [0.1, 0.15) is 37.6 Å². The summed E-state index contributed by atoms with van der Waals surface area (Å²) in [5.41, 5.74) is 0.878. The maximum Gasteiger partial charge on any atom is 0.282 e. The molecule has 1 atom stereocenters. The molecule has 9 heteroatoms. The van der Waals surface area contributed by atoms with Gasteiger partial charge in [-0.2, -0.15) is 15.0 Å². The zero-order chi connectivity index (χ0) is 21.8. The number of ether oxygens (including phenoxy) is 1. The molecule has 0 bridgehead atoms. The van der Waals surface area contributed by atoms with Gasteiger partial charge in [0.1, 0.15) is 17.6 Å². The molecule has 0 fully saturated rings. The van der Waals surface area contributed by atoms with Gasteiger partial charge < -0.3 is 4.74 Å². The van der Waals surface area contributed by atoms with E-state index in [0.717, 1.165) is 10.9 Å². The Morgan fingerprint density at radius 2 is 2.13 bits per heavy atom. The molecular formula is C21H17Br2ClN4O2. The molecule has 6 nitrogen and oxygen atoms in total. The molecular weight excluding hydrogens is 536 g/mol. The Hall–Kier alpha value is -2.21. The predicted octanol–water partition coefficient (Wildman–Crippen LogP) is 5.87. The van der Waals surface area contributed by atoms with Gasteiger partial charge in [-0.1, -0.05) is 41.4 Å². The Kier molecular flexibility index (Phi) is 7.29. The molecule has 154 valence electrons. The maximum absolute atomic E-state index is 13.2. The third kappa shape index (κ3) is 4.75. The summed E-state index contributed by atoms with van der Waals surface area (Å²) in [6.45, 7) is 3.89. The molecule has 30 heavy (non-hydrogen) atoms. The summed E-state index contributed by atoms with van der Waals surface area (Å²) in [5, 5.41) is 14.2. The minimum atomic E-state index is -0.270. The molecule has 0 aliphatic rings. The van der Waals surface area contributed by atoms with Crippen LogP contribution in [0.5, 0.6) is 5.75 Å². The number of nitriles is 1. The Morgan fingerprint density at radius 3 is 2.83 bits per heavy atom. The standard InChI is InChI=1S/C21H17Br2ClN4O2/c1-3-12(2)20-27-18-5-4-14(22)9-16(18)21(29)28(20)26-11-13-8-15(24)10-17(23)19(13)30-7-6-25/h4-5,8-12H,3,7H2,1-2H3/t12-/m1/s1. The SMILES string of the molecule is CC[C@@H](C)c1nc2ccc(Br)cc2c(=O)n1N=Cc1cc(Cl)cc(Br)c1OCC#N. The molecule has 3 rings (SSSR count). The highest BCUT2D eigenvalue weighted by molar-refractivity contribution is 9.10. The predicted molar refractivity (Wildman–Crippen MR) is 126 cm³/mol. The van der Waals surface area contributed by atoms with E-state index < -0.39 is 0 Å². The molecule has 1 aromatic heterocycles. The second-order valence-corrected chi connectivity index (χ2v) is 8.76. The number of fused-ring (bicyclic) bond motifs is 1. The van der Waals surface area contributed by atoms with Gasteiger partial charge in [-0.15, -0.1) is 0 Å². The summed E-state index contributed by atoms with van der Waals surface area (Å²) in [5.74, 6) is 0.997. The molecule has 0 spiro atoms.